The van der Waals surface area contributed by atoms with Gasteiger partial charge in [-0.2, -0.15) is 0 Å². The van der Waals surface area contributed by atoms with Gasteiger partial charge in [-0.05, 0) is 50.6 Å². The van der Waals surface area contributed by atoms with E-state index in [1.165, 1.54) is 6.21 Å². The first-order chi connectivity index (χ1) is 18.1. The number of H-pyrrole nitrogens is 1. The molecule has 38 heavy (non-hydrogen) atoms. The molecule has 13 nitrogen and oxygen atoms in total. The summed E-state index contributed by atoms with van der Waals surface area (Å²) in [5.74, 6) is -1.76. The molecule has 3 aliphatic heterocycles. The molecule has 0 aliphatic carbocycles. The molecule has 0 radical (unpaired) electrons. The lowest BCUT2D eigenvalue weighted by molar-refractivity contribution is -0.147. The first-order valence-electron chi connectivity index (χ1n) is 12.5. The van der Waals surface area contributed by atoms with Gasteiger partial charge in [-0.1, -0.05) is 6.92 Å². The van der Waals surface area contributed by atoms with E-state index < -0.39 is 52.5 Å². The number of aliphatic imine (C=N–C) groups is 1. The van der Waals surface area contributed by atoms with E-state index in [4.69, 9.17) is 0 Å². The van der Waals surface area contributed by atoms with E-state index in [1.54, 1.807) is 26.0 Å². The molecule has 1 spiro atoms. The van der Waals surface area contributed by atoms with Crippen molar-refractivity contribution in [1.29, 1.82) is 0 Å². The van der Waals surface area contributed by atoms with Crippen LogP contribution in [0.1, 0.15) is 37.9 Å². The fraction of sp³-hybridized carbons (Fsp3) is 0.440. The first-order valence-corrected chi connectivity index (χ1v) is 12.5. The molecule has 200 valence electrons. The average molecular weight is 524 g/mol. The monoisotopic (exact) mass is 523 g/mol. The van der Waals surface area contributed by atoms with Crippen molar-refractivity contribution in [3.05, 3.63) is 50.2 Å². The number of hydrogen-bond acceptors (Lipinski definition) is 9. The van der Waals surface area contributed by atoms with Crippen LogP contribution in [0.4, 0.5) is 16.2 Å². The summed E-state index contributed by atoms with van der Waals surface area (Å²) >= 11 is 0. The maximum absolute atomic E-state index is 13.3. The largest absolute Gasteiger partial charge is 0.494 e. The van der Waals surface area contributed by atoms with E-state index in [0.29, 0.717) is 24.3 Å². The number of aromatic amines is 1. The van der Waals surface area contributed by atoms with E-state index in [1.807, 2.05) is 17.9 Å². The number of nitrogens with one attached hydrogen (secondary N) is 3. The molecule has 0 bridgehead atoms. The summed E-state index contributed by atoms with van der Waals surface area (Å²) in [6.07, 6.45) is 1.23. The molecule has 1 atom stereocenters. The molecule has 2 saturated heterocycles. The second-order valence-electron chi connectivity index (χ2n) is 10.0. The number of amides is 4. The highest BCUT2D eigenvalue weighted by Crippen LogP contribution is 2.45. The van der Waals surface area contributed by atoms with Gasteiger partial charge in [0.05, 0.1) is 11.7 Å². The standard InChI is InChI=1S/C25H29N7O6/c1-4-30-7-8-31-17-6-5-15(26-11-16-19(33)27-24(38)32(13(2)3)20(16)34)9-14(17)10-25(18(31)12-30)21(35)28-23(37)29-22(25)36/h5-6,9,11,13,18,34H,4,7-8,10,12H2,1-3H3,(H,27,33,38)(H2,28,29,35,36,37)/t18-/m0/s1. The molecule has 4 heterocycles. The summed E-state index contributed by atoms with van der Waals surface area (Å²) in [5.41, 5.74) is -1.22. The summed E-state index contributed by atoms with van der Waals surface area (Å²) in [7, 11) is 0. The Labute approximate surface area is 217 Å². The molecule has 2 aromatic rings. The van der Waals surface area contributed by atoms with Crippen LogP contribution in [0.2, 0.25) is 0 Å². The summed E-state index contributed by atoms with van der Waals surface area (Å²) < 4.78 is 1.05. The molecular weight excluding hydrogens is 494 g/mol. The van der Waals surface area contributed by atoms with Crippen LogP contribution in [0.25, 0.3) is 0 Å². The summed E-state index contributed by atoms with van der Waals surface area (Å²) in [6, 6.07) is 3.61. The zero-order valence-electron chi connectivity index (χ0n) is 21.3. The number of aromatic nitrogens is 2. The highest BCUT2D eigenvalue weighted by atomic mass is 16.3. The Bertz CT molecular complexity index is 1470. The van der Waals surface area contributed by atoms with E-state index >= 15 is 0 Å². The third-order valence-corrected chi connectivity index (χ3v) is 7.60. The fourth-order valence-corrected chi connectivity index (χ4v) is 5.64. The van der Waals surface area contributed by atoms with Gasteiger partial charge in [-0.15, -0.1) is 0 Å². The molecule has 1 aromatic heterocycles. The second-order valence-corrected chi connectivity index (χ2v) is 10.0. The number of piperazine rings is 1. The number of anilines is 1. The summed E-state index contributed by atoms with van der Waals surface area (Å²) in [5, 5.41) is 15.1. The van der Waals surface area contributed by atoms with Crippen molar-refractivity contribution < 1.29 is 19.5 Å². The van der Waals surface area contributed by atoms with Crippen LogP contribution in [0, 0.1) is 5.41 Å². The molecular formula is C25H29N7O6. The Morgan fingerprint density at radius 1 is 1.13 bits per heavy atom. The number of imide groups is 2. The Morgan fingerprint density at radius 3 is 2.50 bits per heavy atom. The zero-order chi connectivity index (χ0) is 27.4. The van der Waals surface area contributed by atoms with Crippen molar-refractivity contribution >= 4 is 35.4 Å². The van der Waals surface area contributed by atoms with Crippen LogP contribution in [0.5, 0.6) is 5.88 Å². The maximum atomic E-state index is 13.3. The van der Waals surface area contributed by atoms with Crippen molar-refractivity contribution in [3.8, 4) is 5.88 Å². The zero-order valence-corrected chi connectivity index (χ0v) is 21.3. The van der Waals surface area contributed by atoms with Crippen LogP contribution in [0.3, 0.4) is 0 Å². The van der Waals surface area contributed by atoms with Gasteiger partial charge in [0.1, 0.15) is 5.56 Å². The lowest BCUT2D eigenvalue weighted by atomic mass is 9.68. The third-order valence-electron chi connectivity index (χ3n) is 7.60. The molecule has 5 rings (SSSR count). The van der Waals surface area contributed by atoms with Crippen molar-refractivity contribution in [3.63, 3.8) is 0 Å². The minimum Gasteiger partial charge on any atom is -0.494 e. The Morgan fingerprint density at radius 2 is 1.84 bits per heavy atom. The number of rotatable bonds is 4. The molecule has 4 N–H and O–H groups in total. The Hall–Kier alpha value is -4.26. The number of carbonyl (C=O) groups is 3. The number of benzene rings is 1. The van der Waals surface area contributed by atoms with Gasteiger partial charge in [0.2, 0.25) is 17.7 Å². The van der Waals surface area contributed by atoms with Gasteiger partial charge >= 0.3 is 11.7 Å². The van der Waals surface area contributed by atoms with Gasteiger partial charge in [0.15, 0.2) is 5.41 Å². The summed E-state index contributed by atoms with van der Waals surface area (Å²) in [4.78, 5) is 73.6. The van der Waals surface area contributed by atoms with Gasteiger partial charge in [-0.3, -0.25) is 44.5 Å². The van der Waals surface area contributed by atoms with Gasteiger partial charge < -0.3 is 10.0 Å². The van der Waals surface area contributed by atoms with E-state index in [2.05, 4.69) is 25.5 Å². The predicted octanol–water partition coefficient (Wildman–Crippen LogP) is -0.00730. The van der Waals surface area contributed by atoms with Crippen molar-refractivity contribution in [2.24, 2.45) is 10.4 Å². The molecule has 3 aliphatic rings. The predicted molar refractivity (Wildman–Crippen MR) is 138 cm³/mol. The highest BCUT2D eigenvalue weighted by Gasteiger charge is 2.60. The van der Waals surface area contributed by atoms with E-state index in [-0.39, 0.29) is 12.0 Å². The minimum atomic E-state index is -1.51. The number of carbonyl (C=O) groups excluding carboxylic acids is 3. The summed E-state index contributed by atoms with van der Waals surface area (Å²) in [6.45, 7) is 7.99. The SMILES string of the molecule is CCN1CCN2c3ccc(N=Cc4c(O)n(C(C)C)c(=O)[nH]c4=O)cc3CC3(C(=O)NC(=O)NC3=O)[C@@H]2C1. The molecule has 4 amide bonds. The quantitative estimate of drug-likeness (QED) is 0.320. The van der Waals surface area contributed by atoms with Gasteiger partial charge in [-0.25, -0.2) is 9.59 Å². The molecule has 0 unspecified atom stereocenters. The van der Waals surface area contributed by atoms with Crippen LogP contribution < -0.4 is 26.8 Å². The van der Waals surface area contributed by atoms with Crippen LogP contribution in [0.15, 0.2) is 32.8 Å². The number of likely N-dealkylation sites (N-methyl/N-ethyl adjacent to an activating group) is 1. The minimum absolute atomic E-state index is 0.0550. The topological polar surface area (TPSA) is 169 Å². The lowest BCUT2D eigenvalue weighted by Crippen LogP contribution is -2.74. The normalized spacial score (nSPS) is 21.0. The van der Waals surface area contributed by atoms with E-state index in [9.17, 15) is 29.1 Å². The molecule has 2 fully saturated rings. The Kier molecular flexibility index (Phi) is 6.18. The second kappa shape index (κ2) is 9.24. The fourth-order valence-electron chi connectivity index (χ4n) is 5.64. The van der Waals surface area contributed by atoms with Crippen molar-refractivity contribution in [1.82, 2.24) is 25.1 Å². The number of nitrogens with zero attached hydrogens (tertiary/aromatic N) is 4. The maximum Gasteiger partial charge on any atom is 0.331 e. The number of aromatic hydroxyl groups is 1. The third kappa shape index (κ3) is 3.90. The van der Waals surface area contributed by atoms with Gasteiger partial charge in [0.25, 0.3) is 5.56 Å². The van der Waals surface area contributed by atoms with Crippen LogP contribution in [-0.2, 0) is 16.0 Å². The van der Waals surface area contributed by atoms with E-state index in [0.717, 1.165) is 23.3 Å². The van der Waals surface area contributed by atoms with Crippen molar-refractivity contribution in [2.45, 2.75) is 39.3 Å². The highest BCUT2D eigenvalue weighted by molar-refractivity contribution is 6.20. The smallest absolute Gasteiger partial charge is 0.331 e. The Balaban J connectivity index is 1.56. The molecule has 13 heteroatoms. The number of hydrogen-bond donors (Lipinski definition) is 4. The van der Waals surface area contributed by atoms with Crippen LogP contribution in [-0.4, -0.2) is 75.8 Å². The molecule has 0 saturated carbocycles. The average Bonchev–Trinajstić information content (AvgIpc) is 2.85. The first kappa shape index (κ1) is 25.4. The molecule has 1 aromatic carbocycles. The lowest BCUT2D eigenvalue weighted by Gasteiger charge is -2.54. The van der Waals surface area contributed by atoms with Crippen molar-refractivity contribution in [2.75, 3.05) is 31.1 Å². The number of fused-ring (bicyclic) bond motifs is 4. The van der Waals surface area contributed by atoms with Crippen LogP contribution >= 0.6 is 0 Å². The number of urea groups is 1. The number of barbiturate groups is 1. The van der Waals surface area contributed by atoms with Gasteiger partial charge in [0, 0.05) is 37.6 Å².